The van der Waals surface area contributed by atoms with Crippen molar-refractivity contribution in [3.05, 3.63) is 41.3 Å². The summed E-state index contributed by atoms with van der Waals surface area (Å²) in [5.41, 5.74) is 3.25. The molecule has 0 spiro atoms. The Bertz CT molecular complexity index is 606. The highest BCUT2D eigenvalue weighted by Gasteiger charge is 2.12. The van der Waals surface area contributed by atoms with E-state index in [-0.39, 0.29) is 0 Å². The second-order valence-electron chi connectivity index (χ2n) is 5.21. The molecule has 0 unspecified atom stereocenters. The SMILES string of the molecule is CCc1c(Cl)ncnc1Nc1ccc(N2CCCC2)cc1. The van der Waals surface area contributed by atoms with Crippen molar-refractivity contribution in [2.75, 3.05) is 23.3 Å². The Kier molecular flexibility index (Phi) is 4.25. The molecule has 2 heterocycles. The molecule has 3 rings (SSSR count). The van der Waals surface area contributed by atoms with Crippen molar-refractivity contribution in [1.29, 1.82) is 0 Å². The lowest BCUT2D eigenvalue weighted by Gasteiger charge is -2.18. The van der Waals surface area contributed by atoms with E-state index in [0.29, 0.717) is 5.15 Å². The summed E-state index contributed by atoms with van der Waals surface area (Å²) in [5, 5.41) is 3.85. The fourth-order valence-electron chi connectivity index (χ4n) is 2.68. The van der Waals surface area contributed by atoms with Gasteiger partial charge in [-0.15, -0.1) is 0 Å². The quantitative estimate of drug-likeness (QED) is 0.866. The van der Waals surface area contributed by atoms with Gasteiger partial charge in [-0.25, -0.2) is 9.97 Å². The molecule has 1 saturated heterocycles. The Hall–Kier alpha value is -1.81. The average Bonchev–Trinajstić information content (AvgIpc) is 3.03. The van der Waals surface area contributed by atoms with E-state index >= 15 is 0 Å². The molecule has 1 aromatic heterocycles. The van der Waals surface area contributed by atoms with E-state index in [2.05, 4.69) is 44.5 Å². The van der Waals surface area contributed by atoms with Gasteiger partial charge in [0.05, 0.1) is 0 Å². The summed E-state index contributed by atoms with van der Waals surface area (Å²) in [4.78, 5) is 10.7. The molecule has 0 aliphatic carbocycles. The van der Waals surface area contributed by atoms with Crippen molar-refractivity contribution < 1.29 is 0 Å². The molecule has 1 fully saturated rings. The normalized spacial score (nSPS) is 14.5. The maximum absolute atomic E-state index is 6.11. The van der Waals surface area contributed by atoms with Gasteiger partial charge in [0, 0.05) is 30.0 Å². The highest BCUT2D eigenvalue weighted by atomic mass is 35.5. The molecule has 1 N–H and O–H groups in total. The summed E-state index contributed by atoms with van der Waals surface area (Å²) >= 11 is 6.11. The summed E-state index contributed by atoms with van der Waals surface area (Å²) in [6, 6.07) is 8.48. The number of hydrogen-bond acceptors (Lipinski definition) is 4. The van der Waals surface area contributed by atoms with Crippen LogP contribution in [0.4, 0.5) is 17.2 Å². The topological polar surface area (TPSA) is 41.1 Å². The Labute approximate surface area is 130 Å². The standard InChI is InChI=1S/C16H19ClN4/c1-2-14-15(17)18-11-19-16(14)20-12-5-7-13(8-6-12)21-9-3-4-10-21/h5-8,11H,2-4,9-10H2,1H3,(H,18,19,20). The third kappa shape index (κ3) is 3.10. The van der Waals surface area contributed by atoms with Gasteiger partial charge in [0.2, 0.25) is 0 Å². The lowest BCUT2D eigenvalue weighted by Crippen LogP contribution is -2.17. The summed E-state index contributed by atoms with van der Waals surface area (Å²) < 4.78 is 0. The number of nitrogens with zero attached hydrogens (tertiary/aromatic N) is 3. The minimum absolute atomic E-state index is 0.517. The molecule has 0 atom stereocenters. The number of nitrogens with one attached hydrogen (secondary N) is 1. The van der Waals surface area contributed by atoms with Crippen LogP contribution in [0.3, 0.4) is 0 Å². The van der Waals surface area contributed by atoms with Crippen LogP contribution in [0.25, 0.3) is 0 Å². The van der Waals surface area contributed by atoms with Gasteiger partial charge in [0.1, 0.15) is 17.3 Å². The molecule has 1 aromatic carbocycles. The maximum Gasteiger partial charge on any atom is 0.138 e. The van der Waals surface area contributed by atoms with Gasteiger partial charge >= 0.3 is 0 Å². The lowest BCUT2D eigenvalue weighted by molar-refractivity contribution is 0.949. The zero-order chi connectivity index (χ0) is 14.7. The summed E-state index contributed by atoms with van der Waals surface area (Å²) in [6.07, 6.45) is 4.87. The van der Waals surface area contributed by atoms with E-state index in [1.165, 1.54) is 24.9 Å². The summed E-state index contributed by atoms with van der Waals surface area (Å²) in [7, 11) is 0. The Morgan fingerprint density at radius 1 is 1.14 bits per heavy atom. The molecule has 0 bridgehead atoms. The van der Waals surface area contributed by atoms with Crippen molar-refractivity contribution in [2.45, 2.75) is 26.2 Å². The number of rotatable bonds is 4. The predicted molar refractivity (Wildman–Crippen MR) is 87.6 cm³/mol. The van der Waals surface area contributed by atoms with Gasteiger partial charge in [-0.3, -0.25) is 0 Å². The molecule has 0 radical (unpaired) electrons. The third-order valence-corrected chi connectivity index (χ3v) is 4.17. The molecule has 5 heteroatoms. The average molecular weight is 303 g/mol. The number of hydrogen-bond donors (Lipinski definition) is 1. The number of aromatic nitrogens is 2. The number of benzene rings is 1. The van der Waals surface area contributed by atoms with E-state index < -0.39 is 0 Å². The van der Waals surface area contributed by atoms with Crippen LogP contribution >= 0.6 is 11.6 Å². The van der Waals surface area contributed by atoms with Crippen LogP contribution in [-0.2, 0) is 6.42 Å². The number of halogens is 1. The number of anilines is 3. The minimum Gasteiger partial charge on any atom is -0.372 e. The molecule has 1 aliphatic heterocycles. The molecule has 4 nitrogen and oxygen atoms in total. The zero-order valence-corrected chi connectivity index (χ0v) is 12.9. The van der Waals surface area contributed by atoms with Crippen molar-refractivity contribution in [2.24, 2.45) is 0 Å². The van der Waals surface area contributed by atoms with Crippen LogP contribution in [0.2, 0.25) is 5.15 Å². The first-order valence-electron chi connectivity index (χ1n) is 7.39. The minimum atomic E-state index is 0.517. The van der Waals surface area contributed by atoms with E-state index in [4.69, 9.17) is 11.6 Å². The Balaban J connectivity index is 1.77. The molecular formula is C16H19ClN4. The highest BCUT2D eigenvalue weighted by Crippen LogP contribution is 2.26. The lowest BCUT2D eigenvalue weighted by atomic mass is 10.2. The zero-order valence-electron chi connectivity index (χ0n) is 12.1. The summed E-state index contributed by atoms with van der Waals surface area (Å²) in [6.45, 7) is 4.37. The molecule has 0 amide bonds. The van der Waals surface area contributed by atoms with Crippen molar-refractivity contribution in [3.63, 3.8) is 0 Å². The van der Waals surface area contributed by atoms with Gasteiger partial charge < -0.3 is 10.2 Å². The second kappa shape index (κ2) is 6.31. The van der Waals surface area contributed by atoms with Gasteiger partial charge in [-0.1, -0.05) is 18.5 Å². The predicted octanol–water partition coefficient (Wildman–Crippen LogP) is 4.04. The van der Waals surface area contributed by atoms with E-state index in [1.807, 2.05) is 6.92 Å². The van der Waals surface area contributed by atoms with E-state index in [1.54, 1.807) is 0 Å². The maximum atomic E-state index is 6.11. The summed E-state index contributed by atoms with van der Waals surface area (Å²) in [5.74, 6) is 0.784. The fraction of sp³-hybridized carbons (Fsp3) is 0.375. The Morgan fingerprint density at radius 2 is 1.86 bits per heavy atom. The first-order chi connectivity index (χ1) is 10.3. The van der Waals surface area contributed by atoms with Crippen LogP contribution in [-0.4, -0.2) is 23.1 Å². The van der Waals surface area contributed by atoms with Crippen LogP contribution in [0.5, 0.6) is 0 Å². The first kappa shape index (κ1) is 14.1. The second-order valence-corrected chi connectivity index (χ2v) is 5.57. The van der Waals surface area contributed by atoms with E-state index in [0.717, 1.165) is 36.6 Å². The molecule has 0 saturated carbocycles. The van der Waals surface area contributed by atoms with Crippen LogP contribution < -0.4 is 10.2 Å². The monoisotopic (exact) mass is 302 g/mol. The highest BCUT2D eigenvalue weighted by molar-refractivity contribution is 6.30. The molecule has 1 aliphatic rings. The van der Waals surface area contributed by atoms with E-state index in [9.17, 15) is 0 Å². The van der Waals surface area contributed by atoms with Gasteiger partial charge in [0.25, 0.3) is 0 Å². The molecule has 21 heavy (non-hydrogen) atoms. The fourth-order valence-corrected chi connectivity index (χ4v) is 2.95. The molecular weight excluding hydrogens is 284 g/mol. The largest absolute Gasteiger partial charge is 0.372 e. The third-order valence-electron chi connectivity index (χ3n) is 3.85. The smallest absolute Gasteiger partial charge is 0.138 e. The van der Waals surface area contributed by atoms with Crippen molar-refractivity contribution in [3.8, 4) is 0 Å². The Morgan fingerprint density at radius 3 is 2.52 bits per heavy atom. The van der Waals surface area contributed by atoms with Gasteiger partial charge in [0.15, 0.2) is 0 Å². The first-order valence-corrected chi connectivity index (χ1v) is 7.77. The van der Waals surface area contributed by atoms with Crippen LogP contribution in [0, 0.1) is 0 Å². The van der Waals surface area contributed by atoms with Gasteiger partial charge in [-0.2, -0.15) is 0 Å². The van der Waals surface area contributed by atoms with Crippen LogP contribution in [0.15, 0.2) is 30.6 Å². The van der Waals surface area contributed by atoms with Gasteiger partial charge in [-0.05, 0) is 43.5 Å². The molecule has 110 valence electrons. The van der Waals surface area contributed by atoms with Crippen LogP contribution in [0.1, 0.15) is 25.3 Å². The molecule has 2 aromatic rings. The van der Waals surface area contributed by atoms with Crippen molar-refractivity contribution in [1.82, 2.24) is 9.97 Å². The van der Waals surface area contributed by atoms with Crippen molar-refractivity contribution >= 4 is 28.8 Å².